The van der Waals surface area contributed by atoms with E-state index in [4.69, 9.17) is 5.73 Å². The van der Waals surface area contributed by atoms with E-state index in [0.29, 0.717) is 11.7 Å². The average molecular weight is 179 g/mol. The normalized spacial score (nSPS) is 12.4. The molecule has 1 atom stereocenters. The first kappa shape index (κ1) is 9.68. The molecule has 0 fully saturated rings. The molecule has 0 saturated carbocycles. The molecule has 5 heteroatoms. The van der Waals surface area contributed by atoms with Crippen LogP contribution in [0.5, 0.6) is 0 Å². The van der Waals surface area contributed by atoms with Crippen molar-refractivity contribution in [1.29, 1.82) is 0 Å². The highest BCUT2D eigenvalue weighted by Crippen LogP contribution is 1.95. The van der Waals surface area contributed by atoms with E-state index >= 15 is 0 Å². The summed E-state index contributed by atoms with van der Waals surface area (Å²) in [6.45, 7) is 4.03. The molecule has 0 bridgehead atoms. The number of hydrogen-bond donors (Lipinski definition) is 1. The highest BCUT2D eigenvalue weighted by atomic mass is 15.6. The van der Waals surface area contributed by atoms with Gasteiger partial charge in [0.2, 0.25) is 5.82 Å². The topological polar surface area (TPSA) is 69.6 Å². The Balaban J connectivity index is 2.67. The predicted octanol–water partition coefficient (Wildman–Crippen LogP) is -0.455. The Bertz CT molecular complexity index is 330. The molecule has 0 spiro atoms. The van der Waals surface area contributed by atoms with Gasteiger partial charge in [0, 0.05) is 0 Å². The molecule has 1 unspecified atom stereocenters. The maximum absolute atomic E-state index is 5.71. The summed E-state index contributed by atoms with van der Waals surface area (Å²) in [5, 5.41) is 11.3. The van der Waals surface area contributed by atoms with Crippen molar-refractivity contribution in [2.75, 3.05) is 0 Å². The minimum absolute atomic E-state index is 0.135. The fourth-order valence-electron chi connectivity index (χ4n) is 0.649. The lowest BCUT2D eigenvalue weighted by Crippen LogP contribution is -2.24. The Morgan fingerprint density at radius 3 is 2.62 bits per heavy atom. The lowest BCUT2D eigenvalue weighted by molar-refractivity contribution is 0.584. The lowest BCUT2D eigenvalue weighted by Gasteiger charge is -2.05. The standard InChI is InChI=1S/C8H13N5/c1-6(2)7(9)4-5-8-10-12-13(3)11-8/h6-7H,9H2,1-3H3. The third-order valence-corrected chi connectivity index (χ3v) is 1.58. The molecule has 1 rings (SSSR count). The van der Waals surface area contributed by atoms with Crippen molar-refractivity contribution < 1.29 is 0 Å². The number of tetrazole rings is 1. The maximum Gasteiger partial charge on any atom is 0.247 e. The number of aryl methyl sites for hydroxylation is 1. The molecule has 1 aromatic rings. The van der Waals surface area contributed by atoms with Crippen molar-refractivity contribution in [3.63, 3.8) is 0 Å². The number of nitrogens with zero attached hydrogens (tertiary/aromatic N) is 4. The van der Waals surface area contributed by atoms with Crippen molar-refractivity contribution in [1.82, 2.24) is 20.2 Å². The van der Waals surface area contributed by atoms with Crippen LogP contribution in [0.3, 0.4) is 0 Å². The van der Waals surface area contributed by atoms with Crippen molar-refractivity contribution in [3.8, 4) is 11.8 Å². The molecular formula is C8H13N5. The zero-order valence-corrected chi connectivity index (χ0v) is 8.02. The van der Waals surface area contributed by atoms with E-state index in [0.717, 1.165) is 0 Å². The van der Waals surface area contributed by atoms with Gasteiger partial charge >= 0.3 is 0 Å². The second-order valence-corrected chi connectivity index (χ2v) is 3.14. The molecule has 0 aliphatic carbocycles. The Hall–Kier alpha value is -1.41. The molecule has 13 heavy (non-hydrogen) atoms. The Morgan fingerprint density at radius 2 is 2.15 bits per heavy atom. The molecule has 0 aliphatic heterocycles. The van der Waals surface area contributed by atoms with Gasteiger partial charge in [-0.1, -0.05) is 24.9 Å². The second-order valence-electron chi connectivity index (χ2n) is 3.14. The summed E-state index contributed by atoms with van der Waals surface area (Å²) < 4.78 is 0. The quantitative estimate of drug-likeness (QED) is 0.592. The van der Waals surface area contributed by atoms with Crippen LogP contribution >= 0.6 is 0 Å². The van der Waals surface area contributed by atoms with Crippen LogP contribution in [0.25, 0.3) is 0 Å². The van der Waals surface area contributed by atoms with Gasteiger partial charge in [0.25, 0.3) is 0 Å². The van der Waals surface area contributed by atoms with Crippen LogP contribution in [-0.4, -0.2) is 26.2 Å². The molecule has 5 nitrogen and oxygen atoms in total. The van der Waals surface area contributed by atoms with Crippen LogP contribution in [0.15, 0.2) is 0 Å². The van der Waals surface area contributed by atoms with Crippen LogP contribution in [0.2, 0.25) is 0 Å². The molecule has 70 valence electrons. The van der Waals surface area contributed by atoms with Gasteiger partial charge in [0.1, 0.15) is 0 Å². The van der Waals surface area contributed by atoms with Gasteiger partial charge in [-0.25, -0.2) is 0 Å². The molecule has 0 saturated heterocycles. The van der Waals surface area contributed by atoms with Gasteiger partial charge < -0.3 is 5.73 Å². The van der Waals surface area contributed by atoms with Gasteiger partial charge in [-0.2, -0.15) is 4.80 Å². The molecule has 1 aromatic heterocycles. The molecule has 1 heterocycles. The van der Waals surface area contributed by atoms with Crippen LogP contribution < -0.4 is 5.73 Å². The largest absolute Gasteiger partial charge is 0.317 e. The van der Waals surface area contributed by atoms with Crippen molar-refractivity contribution in [2.45, 2.75) is 19.9 Å². The average Bonchev–Trinajstić information content (AvgIpc) is 2.47. The minimum atomic E-state index is -0.135. The predicted molar refractivity (Wildman–Crippen MR) is 48.5 cm³/mol. The maximum atomic E-state index is 5.71. The molecular weight excluding hydrogens is 166 g/mol. The fourth-order valence-corrected chi connectivity index (χ4v) is 0.649. The van der Waals surface area contributed by atoms with Crippen LogP contribution in [0, 0.1) is 17.8 Å². The summed E-state index contributed by atoms with van der Waals surface area (Å²) in [6.07, 6.45) is 0. The first-order chi connectivity index (χ1) is 6.09. The van der Waals surface area contributed by atoms with Crippen molar-refractivity contribution >= 4 is 0 Å². The Morgan fingerprint density at radius 1 is 1.46 bits per heavy atom. The second kappa shape index (κ2) is 4.01. The molecule has 2 N–H and O–H groups in total. The van der Waals surface area contributed by atoms with Crippen LogP contribution in [0.1, 0.15) is 19.7 Å². The molecule has 0 amide bonds. The van der Waals surface area contributed by atoms with Gasteiger partial charge in [0.05, 0.1) is 13.1 Å². The third kappa shape index (κ3) is 2.84. The first-order valence-electron chi connectivity index (χ1n) is 4.10. The fraction of sp³-hybridized carbons (Fsp3) is 0.625. The molecule has 0 aromatic carbocycles. The summed E-state index contributed by atoms with van der Waals surface area (Å²) in [5.74, 6) is 6.38. The summed E-state index contributed by atoms with van der Waals surface area (Å²) in [6, 6.07) is -0.135. The summed E-state index contributed by atoms with van der Waals surface area (Å²) in [4.78, 5) is 1.37. The zero-order chi connectivity index (χ0) is 9.84. The lowest BCUT2D eigenvalue weighted by atomic mass is 10.1. The van der Waals surface area contributed by atoms with Crippen LogP contribution in [-0.2, 0) is 7.05 Å². The van der Waals surface area contributed by atoms with E-state index < -0.39 is 0 Å². The van der Waals surface area contributed by atoms with Gasteiger partial charge in [-0.15, -0.1) is 5.10 Å². The van der Waals surface area contributed by atoms with E-state index in [2.05, 4.69) is 27.3 Å². The van der Waals surface area contributed by atoms with Crippen molar-refractivity contribution in [2.24, 2.45) is 18.7 Å². The van der Waals surface area contributed by atoms with Crippen molar-refractivity contribution in [3.05, 3.63) is 5.82 Å². The third-order valence-electron chi connectivity index (χ3n) is 1.58. The Labute approximate surface area is 77.3 Å². The van der Waals surface area contributed by atoms with E-state index in [1.54, 1.807) is 7.05 Å². The van der Waals surface area contributed by atoms with Gasteiger partial charge in [0.15, 0.2) is 0 Å². The summed E-state index contributed by atoms with van der Waals surface area (Å²) in [5.41, 5.74) is 5.71. The minimum Gasteiger partial charge on any atom is -0.317 e. The molecule has 0 radical (unpaired) electrons. The number of hydrogen-bond acceptors (Lipinski definition) is 4. The number of nitrogens with two attached hydrogens (primary N) is 1. The van der Waals surface area contributed by atoms with Crippen LogP contribution in [0.4, 0.5) is 0 Å². The van der Waals surface area contributed by atoms with E-state index in [1.807, 2.05) is 13.8 Å². The number of aromatic nitrogens is 4. The number of rotatable bonds is 1. The van der Waals surface area contributed by atoms with E-state index in [-0.39, 0.29) is 6.04 Å². The first-order valence-corrected chi connectivity index (χ1v) is 4.10. The Kier molecular flexibility index (Phi) is 2.98. The van der Waals surface area contributed by atoms with E-state index in [1.165, 1.54) is 4.80 Å². The summed E-state index contributed by atoms with van der Waals surface area (Å²) in [7, 11) is 1.69. The molecule has 0 aliphatic rings. The van der Waals surface area contributed by atoms with Gasteiger partial charge in [-0.3, -0.25) is 0 Å². The van der Waals surface area contributed by atoms with E-state index in [9.17, 15) is 0 Å². The summed E-state index contributed by atoms with van der Waals surface area (Å²) >= 11 is 0. The van der Waals surface area contributed by atoms with Gasteiger partial charge in [-0.05, 0) is 17.1 Å². The highest BCUT2D eigenvalue weighted by Gasteiger charge is 2.02. The monoisotopic (exact) mass is 179 g/mol. The highest BCUT2D eigenvalue weighted by molar-refractivity contribution is 5.21. The zero-order valence-electron chi connectivity index (χ0n) is 8.02. The SMILES string of the molecule is CC(C)C(N)C#Cc1nnn(C)n1. The smallest absolute Gasteiger partial charge is 0.247 e.